The molecule has 1 atom stereocenters. The van der Waals surface area contributed by atoms with Crippen molar-refractivity contribution in [3.8, 4) is 0 Å². The molecule has 23 heavy (non-hydrogen) atoms. The summed E-state index contributed by atoms with van der Waals surface area (Å²) in [7, 11) is 1.54. The minimum atomic E-state index is -0.619. The molecule has 0 heterocycles. The summed E-state index contributed by atoms with van der Waals surface area (Å²) in [6.45, 7) is 6.89. The van der Waals surface area contributed by atoms with Crippen LogP contribution < -0.4 is 5.43 Å². The Morgan fingerprint density at radius 2 is 1.83 bits per heavy atom. The predicted octanol–water partition coefficient (Wildman–Crippen LogP) is 4.08. The van der Waals surface area contributed by atoms with Gasteiger partial charge in [-0.05, 0) is 42.6 Å². The Labute approximate surface area is 139 Å². The summed E-state index contributed by atoms with van der Waals surface area (Å²) < 4.78 is 5.32. The Balaban J connectivity index is 1.91. The summed E-state index contributed by atoms with van der Waals surface area (Å²) in [5, 5.41) is 4.33. The van der Waals surface area contributed by atoms with Crippen LogP contribution in [0.1, 0.15) is 58.1 Å². The molecule has 1 saturated carbocycles. The lowest BCUT2D eigenvalue weighted by atomic mass is 9.72. The van der Waals surface area contributed by atoms with E-state index in [1.165, 1.54) is 0 Å². The fourth-order valence-electron chi connectivity index (χ4n) is 3.14. The van der Waals surface area contributed by atoms with Crippen molar-refractivity contribution in [1.29, 1.82) is 0 Å². The summed E-state index contributed by atoms with van der Waals surface area (Å²) in [5.41, 5.74) is 4.95. The van der Waals surface area contributed by atoms with Crippen molar-refractivity contribution in [1.82, 2.24) is 5.43 Å². The molecule has 1 unspecified atom stereocenters. The molecule has 0 radical (unpaired) electrons. The van der Waals surface area contributed by atoms with Crippen molar-refractivity contribution in [2.24, 2.45) is 16.4 Å². The summed E-state index contributed by atoms with van der Waals surface area (Å²) in [5.74, 6) is 0.511. The van der Waals surface area contributed by atoms with Gasteiger partial charge in [0.15, 0.2) is 6.10 Å². The van der Waals surface area contributed by atoms with Gasteiger partial charge in [0.05, 0.1) is 0 Å². The zero-order chi connectivity index (χ0) is 16.9. The molecule has 1 fully saturated rings. The molecule has 1 amide bonds. The number of hydrogen-bond donors (Lipinski definition) is 1. The maximum atomic E-state index is 12.3. The van der Waals surface area contributed by atoms with Crippen molar-refractivity contribution >= 4 is 11.6 Å². The molecule has 1 aliphatic carbocycles. The zero-order valence-corrected chi connectivity index (χ0v) is 14.6. The van der Waals surface area contributed by atoms with E-state index < -0.39 is 6.10 Å². The largest absolute Gasteiger partial charge is 0.367 e. The van der Waals surface area contributed by atoms with Gasteiger partial charge in [0.1, 0.15) is 0 Å². The van der Waals surface area contributed by atoms with Gasteiger partial charge in [-0.3, -0.25) is 4.79 Å². The molecular formula is C19H28N2O2. The van der Waals surface area contributed by atoms with Gasteiger partial charge in [-0.15, -0.1) is 0 Å². The molecular weight excluding hydrogens is 288 g/mol. The standard InChI is InChI=1S/C19H28N2O2/c1-19(2,3)15-10-12-16(13-11-15)20-21-18(22)17(23-4)14-8-6-5-7-9-14/h5-9,15,17H,10-13H2,1-4H3,(H,21,22). The minimum Gasteiger partial charge on any atom is -0.367 e. The number of nitrogens with zero attached hydrogens (tertiary/aromatic N) is 1. The van der Waals surface area contributed by atoms with E-state index in [2.05, 4.69) is 31.3 Å². The molecule has 1 N–H and O–H groups in total. The molecule has 0 saturated heterocycles. The predicted molar refractivity (Wildman–Crippen MR) is 93.2 cm³/mol. The highest BCUT2D eigenvalue weighted by Crippen LogP contribution is 2.36. The van der Waals surface area contributed by atoms with Crippen LogP contribution >= 0.6 is 0 Å². The van der Waals surface area contributed by atoms with Crippen LogP contribution in [-0.2, 0) is 9.53 Å². The third-order valence-corrected chi connectivity index (χ3v) is 4.69. The van der Waals surface area contributed by atoms with Gasteiger partial charge < -0.3 is 4.74 Å². The second kappa shape index (κ2) is 7.73. The summed E-state index contributed by atoms with van der Waals surface area (Å²) in [4.78, 5) is 12.3. The molecule has 2 rings (SSSR count). The maximum Gasteiger partial charge on any atom is 0.273 e. The fraction of sp³-hybridized carbons (Fsp3) is 0.579. The molecule has 0 aliphatic heterocycles. The summed E-state index contributed by atoms with van der Waals surface area (Å²) >= 11 is 0. The molecule has 0 spiro atoms. The average Bonchev–Trinajstić information content (AvgIpc) is 2.54. The second-order valence-electron chi connectivity index (χ2n) is 7.32. The van der Waals surface area contributed by atoms with E-state index in [1.54, 1.807) is 7.11 Å². The van der Waals surface area contributed by atoms with E-state index in [0.717, 1.165) is 42.9 Å². The van der Waals surface area contributed by atoms with Gasteiger partial charge in [-0.1, -0.05) is 51.1 Å². The number of amides is 1. The highest BCUT2D eigenvalue weighted by Gasteiger charge is 2.28. The van der Waals surface area contributed by atoms with Crippen LogP contribution in [0.25, 0.3) is 0 Å². The number of hydrazone groups is 1. The van der Waals surface area contributed by atoms with E-state index in [-0.39, 0.29) is 5.91 Å². The average molecular weight is 316 g/mol. The molecule has 0 aromatic heterocycles. The first-order valence-corrected chi connectivity index (χ1v) is 8.35. The Hall–Kier alpha value is -1.68. The molecule has 4 heteroatoms. The first-order valence-electron chi connectivity index (χ1n) is 8.35. The molecule has 1 aromatic carbocycles. The maximum absolute atomic E-state index is 12.3. The Morgan fingerprint density at radius 1 is 1.22 bits per heavy atom. The normalized spacial score (nSPS) is 20.0. The van der Waals surface area contributed by atoms with E-state index in [1.807, 2.05) is 30.3 Å². The van der Waals surface area contributed by atoms with Crippen LogP contribution in [0.15, 0.2) is 35.4 Å². The number of rotatable bonds is 4. The van der Waals surface area contributed by atoms with Crippen LogP contribution in [0.3, 0.4) is 0 Å². The van der Waals surface area contributed by atoms with Crippen molar-refractivity contribution in [3.05, 3.63) is 35.9 Å². The Morgan fingerprint density at radius 3 is 2.35 bits per heavy atom. The summed E-state index contributed by atoms with van der Waals surface area (Å²) in [6, 6.07) is 9.48. The SMILES string of the molecule is COC(C(=O)NN=C1CCC(C(C)(C)C)CC1)c1ccccc1. The molecule has 0 bridgehead atoms. The number of nitrogens with one attached hydrogen (secondary N) is 1. The number of carbonyl (C=O) groups is 1. The van der Waals surface area contributed by atoms with Crippen LogP contribution in [0, 0.1) is 11.3 Å². The van der Waals surface area contributed by atoms with Crippen molar-refractivity contribution in [3.63, 3.8) is 0 Å². The lowest BCUT2D eigenvalue weighted by Crippen LogP contribution is -2.30. The molecule has 1 aromatic rings. The number of carbonyl (C=O) groups excluding carboxylic acids is 1. The first-order chi connectivity index (χ1) is 10.9. The number of methoxy groups -OCH3 is 1. The van der Waals surface area contributed by atoms with Gasteiger partial charge in [0.2, 0.25) is 0 Å². The Bertz CT molecular complexity index is 536. The van der Waals surface area contributed by atoms with E-state index >= 15 is 0 Å². The second-order valence-corrected chi connectivity index (χ2v) is 7.32. The monoisotopic (exact) mass is 316 g/mol. The number of hydrogen-bond acceptors (Lipinski definition) is 3. The Kier molecular flexibility index (Phi) is 5.94. The van der Waals surface area contributed by atoms with Gasteiger partial charge >= 0.3 is 0 Å². The topological polar surface area (TPSA) is 50.7 Å². The van der Waals surface area contributed by atoms with Gasteiger partial charge in [0, 0.05) is 12.8 Å². The quantitative estimate of drug-likeness (QED) is 0.851. The lowest BCUT2D eigenvalue weighted by Gasteiger charge is -2.34. The van der Waals surface area contributed by atoms with E-state index in [0.29, 0.717) is 5.41 Å². The summed E-state index contributed by atoms with van der Waals surface area (Å²) in [6.07, 6.45) is 3.59. The lowest BCUT2D eigenvalue weighted by molar-refractivity contribution is -0.131. The van der Waals surface area contributed by atoms with E-state index in [4.69, 9.17) is 4.74 Å². The van der Waals surface area contributed by atoms with Crippen LogP contribution in [0.2, 0.25) is 0 Å². The number of benzene rings is 1. The molecule has 1 aliphatic rings. The van der Waals surface area contributed by atoms with Crippen molar-refractivity contribution < 1.29 is 9.53 Å². The first kappa shape index (κ1) is 17.7. The van der Waals surface area contributed by atoms with Crippen LogP contribution in [-0.4, -0.2) is 18.7 Å². The van der Waals surface area contributed by atoms with Gasteiger partial charge in [0.25, 0.3) is 5.91 Å². The van der Waals surface area contributed by atoms with Crippen LogP contribution in [0.4, 0.5) is 0 Å². The minimum absolute atomic E-state index is 0.218. The third kappa shape index (κ3) is 4.90. The van der Waals surface area contributed by atoms with Crippen molar-refractivity contribution in [2.45, 2.75) is 52.6 Å². The number of ether oxygens (including phenoxy) is 1. The molecule has 126 valence electrons. The highest BCUT2D eigenvalue weighted by atomic mass is 16.5. The zero-order valence-electron chi connectivity index (χ0n) is 14.6. The highest BCUT2D eigenvalue weighted by molar-refractivity contribution is 5.88. The van der Waals surface area contributed by atoms with Gasteiger partial charge in [-0.25, -0.2) is 5.43 Å². The fourth-order valence-corrected chi connectivity index (χ4v) is 3.14. The molecule has 4 nitrogen and oxygen atoms in total. The van der Waals surface area contributed by atoms with Crippen LogP contribution in [0.5, 0.6) is 0 Å². The van der Waals surface area contributed by atoms with Gasteiger partial charge in [-0.2, -0.15) is 5.10 Å². The third-order valence-electron chi connectivity index (χ3n) is 4.69. The van der Waals surface area contributed by atoms with E-state index in [9.17, 15) is 4.79 Å². The van der Waals surface area contributed by atoms with Crippen molar-refractivity contribution in [2.75, 3.05) is 7.11 Å². The smallest absolute Gasteiger partial charge is 0.273 e.